The highest BCUT2D eigenvalue weighted by Crippen LogP contribution is 2.12. The number of hydrogen-bond donors (Lipinski definition) is 0. The van der Waals surface area contributed by atoms with Crippen molar-refractivity contribution in [2.75, 3.05) is 0 Å². The zero-order valence-electron chi connectivity index (χ0n) is 8.17. The van der Waals surface area contributed by atoms with E-state index >= 15 is 0 Å². The van der Waals surface area contributed by atoms with E-state index in [9.17, 15) is 4.39 Å². The van der Waals surface area contributed by atoms with Gasteiger partial charge in [0.25, 0.3) is 0 Å². The molecule has 0 saturated carbocycles. The zero-order chi connectivity index (χ0) is 9.42. The van der Waals surface area contributed by atoms with Crippen LogP contribution < -0.4 is 17.0 Å². The number of aromatic nitrogens is 2. The first-order valence-electron chi connectivity index (χ1n) is 4.36. The van der Waals surface area contributed by atoms with E-state index in [0.29, 0.717) is 0 Å². The number of halogens is 2. The predicted molar refractivity (Wildman–Crippen MR) is 48.7 cm³/mol. The van der Waals surface area contributed by atoms with E-state index in [1.807, 2.05) is 29.4 Å². The molecule has 0 radical (unpaired) electrons. The lowest BCUT2D eigenvalue weighted by molar-refractivity contribution is -0.645. The van der Waals surface area contributed by atoms with Crippen molar-refractivity contribution in [1.82, 2.24) is 4.57 Å². The Morgan fingerprint density at radius 2 is 2.14 bits per heavy atom. The molecule has 0 aliphatic carbocycles. The molecule has 0 aliphatic heterocycles. The van der Waals surface area contributed by atoms with Crippen LogP contribution in [0.15, 0.2) is 24.5 Å². The summed E-state index contributed by atoms with van der Waals surface area (Å²) in [5.74, 6) is -0.180. The van der Waals surface area contributed by atoms with Gasteiger partial charge in [-0.1, -0.05) is 0 Å². The number of fused-ring (bicyclic) bond motifs is 1. The maximum absolute atomic E-state index is 12.9. The van der Waals surface area contributed by atoms with Crippen LogP contribution in [0, 0.1) is 5.82 Å². The quantitative estimate of drug-likeness (QED) is 0.518. The Morgan fingerprint density at radius 1 is 1.43 bits per heavy atom. The number of aryl methyl sites for hydroxylation is 2. The van der Waals surface area contributed by atoms with E-state index in [4.69, 9.17) is 0 Å². The van der Waals surface area contributed by atoms with Gasteiger partial charge >= 0.3 is 0 Å². The van der Waals surface area contributed by atoms with E-state index in [1.54, 1.807) is 12.1 Å². The summed E-state index contributed by atoms with van der Waals surface area (Å²) < 4.78 is 17.0. The van der Waals surface area contributed by atoms with Crippen molar-refractivity contribution < 1.29 is 21.4 Å². The second-order valence-corrected chi connectivity index (χ2v) is 3.15. The van der Waals surface area contributed by atoms with Crippen molar-refractivity contribution in [2.45, 2.75) is 13.5 Å². The molecule has 14 heavy (non-hydrogen) atoms. The summed E-state index contributed by atoms with van der Waals surface area (Å²) in [6.07, 6.45) is 1.98. The van der Waals surface area contributed by atoms with Gasteiger partial charge in [0.2, 0.25) is 6.33 Å². The number of nitrogens with zero attached hydrogens (tertiary/aromatic N) is 2. The Morgan fingerprint density at radius 3 is 2.79 bits per heavy atom. The fourth-order valence-electron chi connectivity index (χ4n) is 1.61. The molecule has 1 heterocycles. The van der Waals surface area contributed by atoms with Gasteiger partial charge in [0, 0.05) is 6.07 Å². The van der Waals surface area contributed by atoms with Crippen molar-refractivity contribution in [3.05, 3.63) is 30.3 Å². The zero-order valence-corrected chi connectivity index (χ0v) is 8.92. The minimum atomic E-state index is -0.180. The fraction of sp³-hybridized carbons (Fsp3) is 0.300. The number of benzene rings is 1. The van der Waals surface area contributed by atoms with Gasteiger partial charge in [-0.3, -0.25) is 0 Å². The van der Waals surface area contributed by atoms with Gasteiger partial charge in [-0.15, -0.1) is 0 Å². The normalized spacial score (nSPS) is 10.2. The van der Waals surface area contributed by atoms with Crippen molar-refractivity contribution in [3.8, 4) is 0 Å². The van der Waals surface area contributed by atoms with Gasteiger partial charge in [0.15, 0.2) is 11.0 Å². The molecule has 4 heteroatoms. The molecule has 1 aromatic heterocycles. The van der Waals surface area contributed by atoms with Crippen LogP contribution in [-0.2, 0) is 13.6 Å². The van der Waals surface area contributed by atoms with E-state index in [2.05, 4.69) is 0 Å². The van der Waals surface area contributed by atoms with Crippen molar-refractivity contribution in [1.29, 1.82) is 0 Å². The average molecular weight is 215 g/mol. The van der Waals surface area contributed by atoms with Crippen LogP contribution in [0.5, 0.6) is 0 Å². The first-order valence-corrected chi connectivity index (χ1v) is 4.36. The highest BCUT2D eigenvalue weighted by molar-refractivity contribution is 5.71. The minimum absolute atomic E-state index is 0. The summed E-state index contributed by atoms with van der Waals surface area (Å²) in [6.45, 7) is 2.91. The van der Waals surface area contributed by atoms with Gasteiger partial charge in [-0.2, -0.15) is 0 Å². The fourth-order valence-corrected chi connectivity index (χ4v) is 1.61. The molecule has 0 unspecified atom stereocenters. The lowest BCUT2D eigenvalue weighted by Crippen LogP contribution is -3.00. The maximum Gasteiger partial charge on any atom is 0.244 e. The Hall–Kier alpha value is -1.09. The number of imidazole rings is 1. The summed E-state index contributed by atoms with van der Waals surface area (Å²) in [6, 6.07) is 4.86. The largest absolute Gasteiger partial charge is 1.00 e. The molecule has 0 bridgehead atoms. The van der Waals surface area contributed by atoms with Crippen LogP contribution in [0.4, 0.5) is 4.39 Å². The lowest BCUT2D eigenvalue weighted by atomic mass is 10.3. The number of rotatable bonds is 1. The highest BCUT2D eigenvalue weighted by Gasteiger charge is 2.11. The average Bonchev–Trinajstić information content (AvgIpc) is 2.42. The summed E-state index contributed by atoms with van der Waals surface area (Å²) >= 11 is 0. The SMILES string of the molecule is CCn1c[n+](C)c2ccc(F)cc21.[Cl-]. The second kappa shape index (κ2) is 3.96. The molecule has 0 saturated heterocycles. The molecule has 2 aromatic rings. The third-order valence-electron chi connectivity index (χ3n) is 2.28. The van der Waals surface area contributed by atoms with E-state index in [0.717, 1.165) is 17.6 Å². The van der Waals surface area contributed by atoms with Crippen LogP contribution in [0.2, 0.25) is 0 Å². The Balaban J connectivity index is 0.000000980. The molecule has 0 spiro atoms. The molecule has 0 fully saturated rings. The molecule has 1 aromatic carbocycles. The van der Waals surface area contributed by atoms with Crippen LogP contribution in [0.25, 0.3) is 11.0 Å². The van der Waals surface area contributed by atoms with E-state index in [-0.39, 0.29) is 18.2 Å². The highest BCUT2D eigenvalue weighted by atomic mass is 35.5. The van der Waals surface area contributed by atoms with Crippen LogP contribution >= 0.6 is 0 Å². The molecular formula is C10H12ClFN2. The third kappa shape index (κ3) is 1.60. The number of hydrogen-bond acceptors (Lipinski definition) is 0. The van der Waals surface area contributed by atoms with Gasteiger partial charge in [0.05, 0.1) is 13.6 Å². The third-order valence-corrected chi connectivity index (χ3v) is 2.28. The van der Waals surface area contributed by atoms with E-state index < -0.39 is 0 Å². The topological polar surface area (TPSA) is 8.81 Å². The summed E-state index contributed by atoms with van der Waals surface area (Å²) in [7, 11) is 1.96. The molecule has 76 valence electrons. The lowest BCUT2D eigenvalue weighted by Gasteiger charge is -1.90. The predicted octanol–water partition coefficient (Wildman–Crippen LogP) is -1.37. The molecule has 2 nitrogen and oxygen atoms in total. The van der Waals surface area contributed by atoms with Crippen molar-refractivity contribution >= 4 is 11.0 Å². The summed E-state index contributed by atoms with van der Waals surface area (Å²) in [5.41, 5.74) is 2.01. The van der Waals surface area contributed by atoms with Crippen molar-refractivity contribution in [2.24, 2.45) is 7.05 Å². The van der Waals surface area contributed by atoms with Gasteiger partial charge in [-0.25, -0.2) is 13.5 Å². The Kier molecular flexibility index (Phi) is 3.11. The maximum atomic E-state index is 12.9. The molecule has 0 amide bonds. The van der Waals surface area contributed by atoms with E-state index in [1.165, 1.54) is 6.07 Å². The molecule has 0 atom stereocenters. The molecule has 0 N–H and O–H groups in total. The first kappa shape index (κ1) is 11.0. The second-order valence-electron chi connectivity index (χ2n) is 3.15. The summed E-state index contributed by atoms with van der Waals surface area (Å²) in [5, 5.41) is 0. The van der Waals surface area contributed by atoms with Gasteiger partial charge in [0.1, 0.15) is 5.82 Å². The standard InChI is InChI=1S/C10H12FN2.ClH/c1-3-13-7-12(2)9-5-4-8(11)6-10(9)13;/h4-7H,3H2,1-2H3;1H/q+1;/p-1. The van der Waals surface area contributed by atoms with Gasteiger partial charge < -0.3 is 12.4 Å². The van der Waals surface area contributed by atoms with Crippen LogP contribution in [-0.4, -0.2) is 4.57 Å². The smallest absolute Gasteiger partial charge is 0.244 e. The Bertz CT molecular complexity index is 451. The van der Waals surface area contributed by atoms with Crippen molar-refractivity contribution in [3.63, 3.8) is 0 Å². The summed E-state index contributed by atoms with van der Waals surface area (Å²) in [4.78, 5) is 0. The monoisotopic (exact) mass is 214 g/mol. The first-order chi connectivity index (χ1) is 6.22. The van der Waals surface area contributed by atoms with Crippen LogP contribution in [0.3, 0.4) is 0 Å². The minimum Gasteiger partial charge on any atom is -1.00 e. The molecule has 0 aliphatic rings. The van der Waals surface area contributed by atoms with Crippen LogP contribution in [0.1, 0.15) is 6.92 Å². The Labute approximate surface area is 88.4 Å². The van der Waals surface area contributed by atoms with Gasteiger partial charge in [-0.05, 0) is 19.1 Å². The molecular weight excluding hydrogens is 203 g/mol. The molecule has 2 rings (SSSR count).